The Labute approximate surface area is 163 Å². The van der Waals surface area contributed by atoms with Crippen molar-refractivity contribution in [1.29, 1.82) is 0 Å². The predicted molar refractivity (Wildman–Crippen MR) is 101 cm³/mol. The first kappa shape index (κ1) is 19.2. The van der Waals surface area contributed by atoms with Crippen LogP contribution in [-0.2, 0) is 0 Å². The summed E-state index contributed by atoms with van der Waals surface area (Å²) in [7, 11) is 3.09. The van der Waals surface area contributed by atoms with Crippen LogP contribution in [0.25, 0.3) is 0 Å². The van der Waals surface area contributed by atoms with Gasteiger partial charge in [-0.15, -0.1) is 0 Å². The maximum atomic E-state index is 13.0. The summed E-state index contributed by atoms with van der Waals surface area (Å²) >= 11 is 6.18. The quantitative estimate of drug-likeness (QED) is 0.728. The summed E-state index contributed by atoms with van der Waals surface area (Å²) < 4.78 is 16.2. The van der Waals surface area contributed by atoms with Gasteiger partial charge in [0, 0.05) is 24.4 Å². The molecule has 1 aliphatic rings. The lowest BCUT2D eigenvalue weighted by molar-refractivity contribution is 0.0372. The van der Waals surface area contributed by atoms with Gasteiger partial charge in [0.05, 0.1) is 26.3 Å². The molecule has 1 fully saturated rings. The first-order valence-corrected chi connectivity index (χ1v) is 9.07. The van der Waals surface area contributed by atoms with Gasteiger partial charge in [0.15, 0.2) is 0 Å². The molecule has 0 aliphatic carbocycles. The van der Waals surface area contributed by atoms with Gasteiger partial charge in [-0.05, 0) is 31.9 Å². The Hall–Kier alpha value is -2.54. The van der Waals surface area contributed by atoms with E-state index in [1.165, 1.54) is 7.11 Å². The number of carbonyl (C=O) groups is 1. The maximum Gasteiger partial charge on any atom is 0.257 e. The number of hydrogen-bond donors (Lipinski definition) is 0. The normalized spacial score (nSPS) is 19.5. The molecule has 0 unspecified atom stereocenters. The molecule has 27 heavy (non-hydrogen) atoms. The molecule has 1 aliphatic heterocycles. The molecule has 3 heterocycles. The second-order valence-electron chi connectivity index (χ2n) is 6.35. The number of halogens is 1. The number of hydrogen-bond acceptors (Lipinski definition) is 6. The SMILES string of the molecule is COc1ccnc(O[C@@H]2CC[C@@H](C)N(C(=O)c3ccc(OC)nc3Cl)C2)c1. The summed E-state index contributed by atoms with van der Waals surface area (Å²) in [5.74, 6) is 1.35. The Morgan fingerprint density at radius 1 is 1.19 bits per heavy atom. The monoisotopic (exact) mass is 391 g/mol. The second-order valence-corrected chi connectivity index (χ2v) is 6.71. The Bertz CT molecular complexity index is 817. The first-order valence-electron chi connectivity index (χ1n) is 8.70. The average Bonchev–Trinajstić information content (AvgIpc) is 2.69. The van der Waals surface area contributed by atoms with Crippen LogP contribution in [0.15, 0.2) is 30.5 Å². The van der Waals surface area contributed by atoms with E-state index in [4.69, 9.17) is 25.8 Å². The van der Waals surface area contributed by atoms with Crippen molar-refractivity contribution >= 4 is 17.5 Å². The number of pyridine rings is 2. The van der Waals surface area contributed by atoms with Crippen molar-refractivity contribution in [3.05, 3.63) is 41.2 Å². The molecule has 1 saturated heterocycles. The van der Waals surface area contributed by atoms with E-state index in [-0.39, 0.29) is 23.2 Å². The summed E-state index contributed by atoms with van der Waals surface area (Å²) in [5.41, 5.74) is 0.351. The Balaban J connectivity index is 1.73. The fourth-order valence-electron chi connectivity index (χ4n) is 3.05. The van der Waals surface area contributed by atoms with Gasteiger partial charge in [-0.1, -0.05) is 11.6 Å². The minimum Gasteiger partial charge on any atom is -0.497 e. The molecule has 2 aromatic rings. The van der Waals surface area contributed by atoms with Gasteiger partial charge in [0.1, 0.15) is 17.0 Å². The van der Waals surface area contributed by atoms with Crippen LogP contribution < -0.4 is 14.2 Å². The van der Waals surface area contributed by atoms with Crippen LogP contribution in [0, 0.1) is 0 Å². The van der Waals surface area contributed by atoms with Gasteiger partial charge in [0.25, 0.3) is 5.91 Å². The number of ether oxygens (including phenoxy) is 3. The number of carbonyl (C=O) groups excluding carboxylic acids is 1. The lowest BCUT2D eigenvalue weighted by Gasteiger charge is -2.37. The minimum atomic E-state index is -0.172. The van der Waals surface area contributed by atoms with Crippen LogP contribution >= 0.6 is 11.6 Å². The van der Waals surface area contributed by atoms with Gasteiger partial charge in [0.2, 0.25) is 11.8 Å². The Kier molecular flexibility index (Phi) is 6.01. The van der Waals surface area contributed by atoms with Crippen molar-refractivity contribution < 1.29 is 19.0 Å². The molecule has 0 aromatic carbocycles. The fourth-order valence-corrected chi connectivity index (χ4v) is 3.28. The van der Waals surface area contributed by atoms with E-state index in [0.717, 1.165) is 12.8 Å². The number of amides is 1. The lowest BCUT2D eigenvalue weighted by atomic mass is 10.00. The molecule has 2 aromatic heterocycles. The van der Waals surface area contributed by atoms with E-state index in [0.29, 0.717) is 29.6 Å². The zero-order valence-corrected chi connectivity index (χ0v) is 16.3. The summed E-state index contributed by atoms with van der Waals surface area (Å²) in [6.07, 6.45) is 3.13. The molecule has 0 saturated carbocycles. The van der Waals surface area contributed by atoms with Crippen molar-refractivity contribution in [2.45, 2.75) is 31.9 Å². The van der Waals surface area contributed by atoms with Crippen LogP contribution in [-0.4, -0.2) is 53.7 Å². The summed E-state index contributed by atoms with van der Waals surface area (Å²) in [6, 6.07) is 6.83. The Morgan fingerprint density at radius 2 is 2.00 bits per heavy atom. The van der Waals surface area contributed by atoms with E-state index < -0.39 is 0 Å². The third-order valence-corrected chi connectivity index (χ3v) is 4.88. The van der Waals surface area contributed by atoms with E-state index >= 15 is 0 Å². The molecule has 8 heteroatoms. The van der Waals surface area contributed by atoms with Gasteiger partial charge in [-0.2, -0.15) is 0 Å². The molecule has 0 bridgehead atoms. The molecule has 2 atom stereocenters. The molecule has 0 radical (unpaired) electrons. The van der Waals surface area contributed by atoms with E-state index in [9.17, 15) is 4.79 Å². The molecule has 144 valence electrons. The Morgan fingerprint density at radius 3 is 2.70 bits per heavy atom. The number of nitrogens with zero attached hydrogens (tertiary/aromatic N) is 3. The molecule has 0 spiro atoms. The molecular weight excluding hydrogens is 370 g/mol. The fraction of sp³-hybridized carbons (Fsp3) is 0.421. The highest BCUT2D eigenvalue weighted by atomic mass is 35.5. The lowest BCUT2D eigenvalue weighted by Crippen LogP contribution is -2.49. The molecule has 3 rings (SSSR count). The van der Waals surface area contributed by atoms with Gasteiger partial charge in [-0.25, -0.2) is 9.97 Å². The highest BCUT2D eigenvalue weighted by molar-refractivity contribution is 6.32. The largest absolute Gasteiger partial charge is 0.497 e. The molecule has 0 N–H and O–H groups in total. The zero-order valence-electron chi connectivity index (χ0n) is 15.5. The highest BCUT2D eigenvalue weighted by Gasteiger charge is 2.32. The standard InChI is InChI=1S/C19H22ClN3O4/c1-12-4-5-14(27-17-10-13(25-2)8-9-21-17)11-23(12)19(24)15-6-7-16(26-3)22-18(15)20/h6-10,12,14H,4-5,11H2,1-3H3/t12-,14-/m1/s1. The van der Waals surface area contributed by atoms with Gasteiger partial charge < -0.3 is 19.1 Å². The first-order chi connectivity index (χ1) is 13.0. The number of piperidine rings is 1. The van der Waals surface area contributed by atoms with Crippen molar-refractivity contribution in [2.24, 2.45) is 0 Å². The zero-order chi connectivity index (χ0) is 19.4. The van der Waals surface area contributed by atoms with Crippen LogP contribution in [0.4, 0.5) is 0 Å². The number of methoxy groups -OCH3 is 2. The van der Waals surface area contributed by atoms with Crippen molar-refractivity contribution in [3.63, 3.8) is 0 Å². The molecule has 7 nitrogen and oxygen atoms in total. The maximum absolute atomic E-state index is 13.0. The van der Waals surface area contributed by atoms with Crippen LogP contribution in [0.2, 0.25) is 5.15 Å². The summed E-state index contributed by atoms with van der Waals surface area (Å²) in [4.78, 5) is 23.1. The average molecular weight is 392 g/mol. The number of likely N-dealkylation sites (tertiary alicyclic amines) is 1. The molecule has 1 amide bonds. The van der Waals surface area contributed by atoms with Crippen molar-refractivity contribution in [2.75, 3.05) is 20.8 Å². The summed E-state index contributed by atoms with van der Waals surface area (Å²) in [6.45, 7) is 2.46. The van der Waals surface area contributed by atoms with Gasteiger partial charge in [-0.3, -0.25) is 4.79 Å². The van der Waals surface area contributed by atoms with Crippen LogP contribution in [0.3, 0.4) is 0 Å². The number of rotatable bonds is 5. The van der Waals surface area contributed by atoms with Crippen molar-refractivity contribution in [1.82, 2.24) is 14.9 Å². The topological polar surface area (TPSA) is 73.8 Å². The second kappa shape index (κ2) is 8.43. The molecular formula is C19H22ClN3O4. The van der Waals surface area contributed by atoms with Gasteiger partial charge >= 0.3 is 0 Å². The number of aromatic nitrogens is 2. The van der Waals surface area contributed by atoms with E-state index in [1.54, 1.807) is 42.5 Å². The third kappa shape index (κ3) is 4.42. The van der Waals surface area contributed by atoms with E-state index in [1.807, 2.05) is 6.92 Å². The minimum absolute atomic E-state index is 0.0776. The predicted octanol–water partition coefficient (Wildman–Crippen LogP) is 3.22. The van der Waals surface area contributed by atoms with E-state index in [2.05, 4.69) is 9.97 Å². The smallest absolute Gasteiger partial charge is 0.257 e. The van der Waals surface area contributed by atoms with Crippen LogP contribution in [0.1, 0.15) is 30.1 Å². The third-order valence-electron chi connectivity index (χ3n) is 4.59. The van der Waals surface area contributed by atoms with Crippen molar-refractivity contribution in [3.8, 4) is 17.5 Å². The summed E-state index contributed by atoms with van der Waals surface area (Å²) in [5, 5.41) is 0.129. The van der Waals surface area contributed by atoms with Crippen LogP contribution in [0.5, 0.6) is 17.5 Å². The highest BCUT2D eigenvalue weighted by Crippen LogP contribution is 2.26.